The average Bonchev–Trinajstić information content (AvgIpc) is 2.32. The van der Waals surface area contributed by atoms with E-state index in [1.165, 1.54) is 25.3 Å². The van der Waals surface area contributed by atoms with Gasteiger partial charge in [0.25, 0.3) is 0 Å². The van der Waals surface area contributed by atoms with E-state index in [0.29, 0.717) is 6.61 Å². The largest absolute Gasteiger partial charge is 0.462 e. The molecular formula is C15H20O2. The lowest BCUT2D eigenvalue weighted by molar-refractivity contribution is -0.139. The van der Waals surface area contributed by atoms with Crippen molar-refractivity contribution in [1.29, 1.82) is 0 Å². The zero-order valence-corrected chi connectivity index (χ0v) is 10.6. The lowest BCUT2D eigenvalue weighted by atomic mass is 10.1. The van der Waals surface area contributed by atoms with Crippen LogP contribution >= 0.6 is 0 Å². The first-order valence-electron chi connectivity index (χ1n) is 6.11. The number of carbonyl (C=O) groups is 1. The van der Waals surface area contributed by atoms with Crippen LogP contribution in [0.4, 0.5) is 0 Å². The average molecular weight is 232 g/mol. The first kappa shape index (κ1) is 13.5. The SMILES string of the molecule is CCCCc1cccc(/C=C/COC(C)=O)c1. The van der Waals surface area contributed by atoms with Gasteiger partial charge in [0.05, 0.1) is 0 Å². The number of unbranched alkanes of at least 4 members (excludes halogenated alkanes) is 1. The number of esters is 1. The van der Waals surface area contributed by atoms with E-state index in [-0.39, 0.29) is 5.97 Å². The van der Waals surface area contributed by atoms with Crippen LogP contribution in [0.15, 0.2) is 30.3 Å². The lowest BCUT2D eigenvalue weighted by Crippen LogP contribution is -1.97. The zero-order valence-electron chi connectivity index (χ0n) is 10.6. The fraction of sp³-hybridized carbons (Fsp3) is 0.400. The highest BCUT2D eigenvalue weighted by molar-refractivity contribution is 5.66. The molecule has 0 unspecified atom stereocenters. The minimum atomic E-state index is -0.244. The van der Waals surface area contributed by atoms with Crippen molar-refractivity contribution < 1.29 is 9.53 Å². The Labute approximate surface area is 103 Å². The summed E-state index contributed by atoms with van der Waals surface area (Å²) in [4.78, 5) is 10.6. The molecular weight excluding hydrogens is 212 g/mol. The Morgan fingerprint density at radius 2 is 2.24 bits per heavy atom. The van der Waals surface area contributed by atoms with Crippen LogP contribution in [0.5, 0.6) is 0 Å². The quantitative estimate of drug-likeness (QED) is 0.700. The van der Waals surface area contributed by atoms with Gasteiger partial charge in [0.2, 0.25) is 0 Å². The van der Waals surface area contributed by atoms with Crippen LogP contribution in [-0.2, 0) is 16.0 Å². The summed E-state index contributed by atoms with van der Waals surface area (Å²) < 4.78 is 4.83. The summed E-state index contributed by atoms with van der Waals surface area (Å²) in [5.74, 6) is -0.244. The maximum Gasteiger partial charge on any atom is 0.302 e. The predicted molar refractivity (Wildman–Crippen MR) is 70.7 cm³/mol. The number of hydrogen-bond donors (Lipinski definition) is 0. The van der Waals surface area contributed by atoms with Crippen molar-refractivity contribution in [2.45, 2.75) is 33.1 Å². The molecule has 0 aromatic heterocycles. The van der Waals surface area contributed by atoms with Crippen molar-refractivity contribution in [1.82, 2.24) is 0 Å². The lowest BCUT2D eigenvalue weighted by Gasteiger charge is -2.01. The summed E-state index contributed by atoms with van der Waals surface area (Å²) in [5.41, 5.74) is 2.52. The molecule has 1 aromatic rings. The predicted octanol–water partition coefficient (Wildman–Crippen LogP) is 3.61. The zero-order chi connectivity index (χ0) is 12.5. The van der Waals surface area contributed by atoms with Gasteiger partial charge in [0, 0.05) is 6.92 Å². The molecule has 17 heavy (non-hydrogen) atoms. The molecule has 0 saturated heterocycles. The van der Waals surface area contributed by atoms with Crippen LogP contribution < -0.4 is 0 Å². The van der Waals surface area contributed by atoms with Crippen LogP contribution in [0.3, 0.4) is 0 Å². The third-order valence-electron chi connectivity index (χ3n) is 2.46. The number of hydrogen-bond acceptors (Lipinski definition) is 2. The van der Waals surface area contributed by atoms with E-state index in [2.05, 4.69) is 31.2 Å². The van der Waals surface area contributed by atoms with E-state index in [4.69, 9.17) is 4.74 Å². The van der Waals surface area contributed by atoms with Gasteiger partial charge in [-0.25, -0.2) is 0 Å². The standard InChI is InChI=1S/C15H20O2/c1-3-4-7-14-8-5-9-15(12-14)10-6-11-17-13(2)16/h5-6,8-10,12H,3-4,7,11H2,1-2H3/b10-6+. The maximum atomic E-state index is 10.6. The van der Waals surface area contributed by atoms with Gasteiger partial charge in [0.15, 0.2) is 0 Å². The Kier molecular flexibility index (Phi) is 6.08. The second-order valence-electron chi connectivity index (χ2n) is 4.05. The smallest absolute Gasteiger partial charge is 0.302 e. The first-order valence-corrected chi connectivity index (χ1v) is 6.11. The minimum Gasteiger partial charge on any atom is -0.462 e. The molecule has 0 saturated carbocycles. The molecule has 0 N–H and O–H groups in total. The van der Waals surface area contributed by atoms with E-state index < -0.39 is 0 Å². The van der Waals surface area contributed by atoms with Crippen molar-refractivity contribution in [3.05, 3.63) is 41.5 Å². The molecule has 1 aromatic carbocycles. The van der Waals surface area contributed by atoms with Gasteiger partial charge in [0.1, 0.15) is 6.61 Å². The number of rotatable bonds is 6. The van der Waals surface area contributed by atoms with Gasteiger partial charge in [-0.15, -0.1) is 0 Å². The number of ether oxygens (including phenoxy) is 1. The van der Waals surface area contributed by atoms with Gasteiger partial charge in [-0.05, 0) is 30.0 Å². The van der Waals surface area contributed by atoms with E-state index in [9.17, 15) is 4.79 Å². The van der Waals surface area contributed by atoms with Crippen LogP contribution in [0, 0.1) is 0 Å². The van der Waals surface area contributed by atoms with E-state index in [1.807, 2.05) is 12.2 Å². The van der Waals surface area contributed by atoms with Gasteiger partial charge in [-0.2, -0.15) is 0 Å². The molecule has 0 heterocycles. The molecule has 0 aliphatic rings. The molecule has 0 spiro atoms. The second kappa shape index (κ2) is 7.66. The topological polar surface area (TPSA) is 26.3 Å². The summed E-state index contributed by atoms with van der Waals surface area (Å²) in [6.07, 6.45) is 7.41. The highest BCUT2D eigenvalue weighted by atomic mass is 16.5. The fourth-order valence-corrected chi connectivity index (χ4v) is 1.58. The van der Waals surface area contributed by atoms with Crippen molar-refractivity contribution in [3.8, 4) is 0 Å². The van der Waals surface area contributed by atoms with Gasteiger partial charge < -0.3 is 4.74 Å². The van der Waals surface area contributed by atoms with E-state index in [1.54, 1.807) is 0 Å². The van der Waals surface area contributed by atoms with Crippen LogP contribution in [-0.4, -0.2) is 12.6 Å². The number of carbonyl (C=O) groups excluding carboxylic acids is 1. The summed E-state index contributed by atoms with van der Waals surface area (Å²) in [6, 6.07) is 8.45. The van der Waals surface area contributed by atoms with Crippen LogP contribution in [0.2, 0.25) is 0 Å². The molecule has 92 valence electrons. The molecule has 0 fully saturated rings. The van der Waals surface area contributed by atoms with Crippen LogP contribution in [0.1, 0.15) is 37.8 Å². The summed E-state index contributed by atoms with van der Waals surface area (Å²) in [7, 11) is 0. The molecule has 0 atom stereocenters. The molecule has 2 heteroatoms. The molecule has 0 amide bonds. The van der Waals surface area contributed by atoms with Gasteiger partial charge in [-0.3, -0.25) is 4.79 Å². The minimum absolute atomic E-state index is 0.244. The Hall–Kier alpha value is -1.57. The van der Waals surface area contributed by atoms with Gasteiger partial charge in [-0.1, -0.05) is 43.7 Å². The van der Waals surface area contributed by atoms with Crippen LogP contribution in [0.25, 0.3) is 6.08 Å². The maximum absolute atomic E-state index is 10.6. The Bertz CT molecular complexity index is 380. The number of benzene rings is 1. The molecule has 1 rings (SSSR count). The van der Waals surface area contributed by atoms with E-state index in [0.717, 1.165) is 12.0 Å². The summed E-state index contributed by atoms with van der Waals surface area (Å²) in [6.45, 7) is 3.95. The van der Waals surface area contributed by atoms with Crippen molar-refractivity contribution in [2.24, 2.45) is 0 Å². The van der Waals surface area contributed by atoms with Crippen molar-refractivity contribution in [3.63, 3.8) is 0 Å². The summed E-state index contributed by atoms with van der Waals surface area (Å²) >= 11 is 0. The monoisotopic (exact) mass is 232 g/mol. The highest BCUT2D eigenvalue weighted by Crippen LogP contribution is 2.10. The highest BCUT2D eigenvalue weighted by Gasteiger charge is 1.93. The Morgan fingerprint density at radius 3 is 2.94 bits per heavy atom. The van der Waals surface area contributed by atoms with E-state index >= 15 is 0 Å². The number of aryl methyl sites for hydroxylation is 1. The van der Waals surface area contributed by atoms with Crippen molar-refractivity contribution >= 4 is 12.0 Å². The Morgan fingerprint density at radius 1 is 1.41 bits per heavy atom. The Balaban J connectivity index is 2.50. The first-order chi connectivity index (χ1) is 8.22. The third kappa shape index (κ3) is 5.91. The normalized spacial score (nSPS) is 10.7. The third-order valence-corrected chi connectivity index (χ3v) is 2.46. The fourth-order valence-electron chi connectivity index (χ4n) is 1.58. The summed E-state index contributed by atoms with van der Waals surface area (Å²) in [5, 5.41) is 0. The molecule has 0 bridgehead atoms. The molecule has 0 aliphatic heterocycles. The van der Waals surface area contributed by atoms with Crippen molar-refractivity contribution in [2.75, 3.05) is 6.61 Å². The van der Waals surface area contributed by atoms with Gasteiger partial charge >= 0.3 is 5.97 Å². The molecule has 2 nitrogen and oxygen atoms in total. The molecule has 0 aliphatic carbocycles. The second-order valence-corrected chi connectivity index (χ2v) is 4.05. The molecule has 0 radical (unpaired) electrons.